The van der Waals surface area contributed by atoms with Crippen molar-refractivity contribution in [3.05, 3.63) is 39.2 Å². The molecule has 5 nitrogen and oxygen atoms in total. The molecule has 1 aromatic carbocycles. The van der Waals surface area contributed by atoms with Crippen molar-refractivity contribution in [3.63, 3.8) is 0 Å². The van der Waals surface area contributed by atoms with E-state index in [1.54, 1.807) is 6.92 Å². The zero-order chi connectivity index (χ0) is 17.6. The molecular weight excluding hydrogens is 318 g/mol. The van der Waals surface area contributed by atoms with E-state index in [0.29, 0.717) is 11.3 Å². The predicted molar refractivity (Wildman–Crippen MR) is 95.1 cm³/mol. The Labute approximate surface area is 146 Å². The molecule has 0 radical (unpaired) electrons. The summed E-state index contributed by atoms with van der Waals surface area (Å²) in [4.78, 5) is 24.4. The first-order valence-electron chi connectivity index (χ1n) is 9.10. The normalized spacial score (nSPS) is 17.8. The van der Waals surface area contributed by atoms with Gasteiger partial charge in [-0.05, 0) is 70.1 Å². The third-order valence-corrected chi connectivity index (χ3v) is 5.46. The van der Waals surface area contributed by atoms with Crippen LogP contribution in [-0.4, -0.2) is 18.1 Å². The summed E-state index contributed by atoms with van der Waals surface area (Å²) in [6, 6.07) is 4.11. The molecule has 2 aliphatic carbocycles. The molecule has 0 aliphatic heterocycles. The number of aryl methyl sites for hydroxylation is 2. The van der Waals surface area contributed by atoms with Crippen molar-refractivity contribution in [1.29, 1.82) is 0 Å². The van der Waals surface area contributed by atoms with Gasteiger partial charge in [-0.1, -0.05) is 0 Å². The van der Waals surface area contributed by atoms with Gasteiger partial charge in [0.2, 0.25) is 0 Å². The van der Waals surface area contributed by atoms with Crippen molar-refractivity contribution >= 4 is 16.9 Å². The number of fused-ring (bicyclic) bond motifs is 3. The largest absolute Gasteiger partial charge is 0.480 e. The van der Waals surface area contributed by atoms with E-state index in [0.717, 1.165) is 54.2 Å². The van der Waals surface area contributed by atoms with Crippen LogP contribution in [0.2, 0.25) is 0 Å². The zero-order valence-corrected chi connectivity index (χ0v) is 14.7. The number of hydrogen-bond donors (Lipinski definition) is 1. The van der Waals surface area contributed by atoms with Gasteiger partial charge in [0.25, 0.3) is 5.91 Å². The number of carbonyl (C=O) groups is 1. The minimum atomic E-state index is -0.585. The molecule has 1 aromatic heterocycles. The van der Waals surface area contributed by atoms with Crippen LogP contribution in [-0.2, 0) is 17.6 Å². The van der Waals surface area contributed by atoms with Crippen molar-refractivity contribution in [2.24, 2.45) is 0 Å². The van der Waals surface area contributed by atoms with Gasteiger partial charge in [0, 0.05) is 22.6 Å². The van der Waals surface area contributed by atoms with Crippen LogP contribution >= 0.6 is 0 Å². The van der Waals surface area contributed by atoms with Gasteiger partial charge in [-0.25, -0.2) is 4.79 Å². The summed E-state index contributed by atoms with van der Waals surface area (Å²) in [6.07, 6.45) is 5.38. The molecule has 5 heteroatoms. The Morgan fingerprint density at radius 3 is 2.72 bits per heavy atom. The molecule has 2 aliphatic rings. The van der Waals surface area contributed by atoms with E-state index < -0.39 is 6.10 Å². The van der Waals surface area contributed by atoms with Crippen LogP contribution in [0.3, 0.4) is 0 Å². The summed E-state index contributed by atoms with van der Waals surface area (Å²) >= 11 is 0. The summed E-state index contributed by atoms with van der Waals surface area (Å²) in [5.74, 6) is 0.490. The van der Waals surface area contributed by atoms with Crippen molar-refractivity contribution in [1.82, 2.24) is 5.32 Å². The van der Waals surface area contributed by atoms with E-state index >= 15 is 0 Å². The Morgan fingerprint density at radius 2 is 2.00 bits per heavy atom. The van der Waals surface area contributed by atoms with Crippen LogP contribution in [0.15, 0.2) is 21.3 Å². The van der Waals surface area contributed by atoms with E-state index in [-0.39, 0.29) is 17.6 Å². The Bertz CT molecular complexity index is 895. The van der Waals surface area contributed by atoms with E-state index in [9.17, 15) is 9.59 Å². The summed E-state index contributed by atoms with van der Waals surface area (Å²) in [5.41, 5.74) is 3.03. The van der Waals surface area contributed by atoms with Crippen LogP contribution in [0.25, 0.3) is 11.0 Å². The molecule has 2 aromatic rings. The van der Waals surface area contributed by atoms with E-state index in [1.165, 1.54) is 6.42 Å². The zero-order valence-electron chi connectivity index (χ0n) is 14.7. The van der Waals surface area contributed by atoms with E-state index in [1.807, 2.05) is 19.1 Å². The van der Waals surface area contributed by atoms with Gasteiger partial charge in [0.15, 0.2) is 6.10 Å². The number of amides is 1. The highest BCUT2D eigenvalue weighted by atomic mass is 16.5. The lowest BCUT2D eigenvalue weighted by Crippen LogP contribution is -2.45. The molecule has 0 bridgehead atoms. The van der Waals surface area contributed by atoms with Gasteiger partial charge >= 0.3 is 5.63 Å². The minimum absolute atomic E-state index is 0.0976. The molecule has 0 saturated heterocycles. The van der Waals surface area contributed by atoms with Crippen molar-refractivity contribution in [3.8, 4) is 5.75 Å². The second kappa shape index (κ2) is 6.21. The number of benzene rings is 1. The van der Waals surface area contributed by atoms with Gasteiger partial charge < -0.3 is 14.5 Å². The third kappa shape index (κ3) is 2.81. The Morgan fingerprint density at radius 1 is 1.24 bits per heavy atom. The van der Waals surface area contributed by atoms with Crippen LogP contribution in [0.1, 0.15) is 49.3 Å². The monoisotopic (exact) mass is 341 g/mol. The molecule has 0 spiro atoms. The minimum Gasteiger partial charge on any atom is -0.480 e. The highest BCUT2D eigenvalue weighted by Gasteiger charge is 2.25. The van der Waals surface area contributed by atoms with Crippen molar-refractivity contribution in [2.45, 2.75) is 64.5 Å². The molecule has 1 N–H and O–H groups in total. The molecule has 1 unspecified atom stereocenters. The lowest BCUT2D eigenvalue weighted by atomic mass is 9.93. The molecule has 1 fully saturated rings. The maximum Gasteiger partial charge on any atom is 0.339 e. The van der Waals surface area contributed by atoms with E-state index in [2.05, 4.69) is 5.32 Å². The number of hydrogen-bond acceptors (Lipinski definition) is 4. The number of ether oxygens (including phenoxy) is 1. The molecule has 4 rings (SSSR count). The molecule has 1 atom stereocenters. The Kier molecular flexibility index (Phi) is 4.02. The van der Waals surface area contributed by atoms with Crippen LogP contribution in [0.4, 0.5) is 0 Å². The first-order chi connectivity index (χ1) is 12.0. The van der Waals surface area contributed by atoms with Crippen molar-refractivity contribution < 1.29 is 13.9 Å². The topological polar surface area (TPSA) is 68.5 Å². The highest BCUT2D eigenvalue weighted by molar-refractivity contribution is 5.86. The lowest BCUT2D eigenvalue weighted by Gasteiger charge is -2.28. The fourth-order valence-corrected chi connectivity index (χ4v) is 3.71. The SMILES string of the molecule is Cc1c(OC(C)C(=O)NC2CCC2)ccc2c3c(c(=O)oc12)CCC3. The lowest BCUT2D eigenvalue weighted by molar-refractivity contribution is -0.128. The molecular formula is C20H23NO4. The van der Waals surface area contributed by atoms with E-state index in [4.69, 9.17) is 9.15 Å². The van der Waals surface area contributed by atoms with Crippen LogP contribution < -0.4 is 15.7 Å². The van der Waals surface area contributed by atoms with Crippen LogP contribution in [0, 0.1) is 6.92 Å². The third-order valence-electron chi connectivity index (χ3n) is 5.46. The fourth-order valence-electron chi connectivity index (χ4n) is 3.71. The average molecular weight is 341 g/mol. The Balaban J connectivity index is 1.62. The molecule has 1 heterocycles. The second-order valence-electron chi connectivity index (χ2n) is 7.16. The summed E-state index contributed by atoms with van der Waals surface area (Å²) < 4.78 is 11.4. The standard InChI is InChI=1S/C20H23NO4/c1-11-17(24-12(2)19(22)21-13-5-3-6-13)10-9-15-14-7-4-8-16(14)20(23)25-18(11)15/h9-10,12-13H,3-8H2,1-2H3,(H,21,22). The maximum atomic E-state index is 12.2. The quantitative estimate of drug-likeness (QED) is 0.868. The predicted octanol–water partition coefficient (Wildman–Crippen LogP) is 3.03. The van der Waals surface area contributed by atoms with Gasteiger partial charge in [-0.3, -0.25) is 4.79 Å². The second-order valence-corrected chi connectivity index (χ2v) is 7.16. The summed E-state index contributed by atoms with van der Waals surface area (Å²) in [6.45, 7) is 3.62. The molecule has 1 amide bonds. The fraction of sp³-hybridized carbons (Fsp3) is 0.500. The highest BCUT2D eigenvalue weighted by Crippen LogP contribution is 2.33. The van der Waals surface area contributed by atoms with Crippen LogP contribution in [0.5, 0.6) is 5.75 Å². The summed E-state index contributed by atoms with van der Waals surface area (Å²) in [7, 11) is 0. The average Bonchev–Trinajstić information content (AvgIpc) is 3.04. The molecule has 1 saturated carbocycles. The maximum absolute atomic E-state index is 12.2. The van der Waals surface area contributed by atoms with Gasteiger partial charge in [-0.2, -0.15) is 0 Å². The smallest absolute Gasteiger partial charge is 0.339 e. The van der Waals surface area contributed by atoms with Gasteiger partial charge in [0.1, 0.15) is 11.3 Å². The van der Waals surface area contributed by atoms with Gasteiger partial charge in [-0.15, -0.1) is 0 Å². The summed E-state index contributed by atoms with van der Waals surface area (Å²) in [5, 5.41) is 3.99. The number of nitrogens with one attached hydrogen (secondary N) is 1. The number of carbonyl (C=O) groups excluding carboxylic acids is 1. The molecule has 25 heavy (non-hydrogen) atoms. The Hall–Kier alpha value is -2.30. The van der Waals surface area contributed by atoms with Gasteiger partial charge in [0.05, 0.1) is 0 Å². The first kappa shape index (κ1) is 16.2. The first-order valence-corrected chi connectivity index (χ1v) is 9.10. The van der Waals surface area contributed by atoms with Crippen molar-refractivity contribution in [2.75, 3.05) is 0 Å². The molecule has 132 valence electrons. The number of rotatable bonds is 4.